The van der Waals surface area contributed by atoms with E-state index in [1.807, 2.05) is 31.2 Å². The Kier molecular flexibility index (Phi) is 6.59. The normalized spacial score (nSPS) is 10.9. The largest absolute Gasteiger partial charge is 0.494 e. The van der Waals surface area contributed by atoms with Gasteiger partial charge in [-0.05, 0) is 43.7 Å². The number of nitro groups is 1. The summed E-state index contributed by atoms with van der Waals surface area (Å²) in [6.07, 6.45) is 1.56. The Morgan fingerprint density at radius 2 is 1.97 bits per heavy atom. The maximum atomic E-state index is 12.0. The zero-order valence-corrected chi connectivity index (χ0v) is 16.6. The molecule has 0 saturated carbocycles. The van der Waals surface area contributed by atoms with E-state index < -0.39 is 4.92 Å². The molecule has 0 aliphatic carbocycles. The molecule has 3 rings (SSSR count). The van der Waals surface area contributed by atoms with Crippen LogP contribution in [-0.2, 0) is 11.2 Å². The Labute approximate surface area is 173 Å². The third-order valence-electron chi connectivity index (χ3n) is 4.30. The highest BCUT2D eigenvalue weighted by Gasteiger charge is 2.13. The Bertz CT molecular complexity index is 1070. The summed E-state index contributed by atoms with van der Waals surface area (Å²) in [7, 11) is 0. The van der Waals surface area contributed by atoms with Crippen molar-refractivity contribution in [3.63, 3.8) is 0 Å². The number of hydrogen-bond acceptors (Lipinski definition) is 6. The van der Waals surface area contributed by atoms with E-state index >= 15 is 0 Å². The Balaban J connectivity index is 1.58. The number of hydrogen-bond donors (Lipinski definition) is 1. The molecule has 1 amide bonds. The Morgan fingerprint density at radius 1 is 1.20 bits per heavy atom. The molecule has 0 spiro atoms. The molecule has 1 N–H and O–H groups in total. The van der Waals surface area contributed by atoms with Crippen LogP contribution in [0.15, 0.2) is 64.1 Å². The van der Waals surface area contributed by atoms with Gasteiger partial charge < -0.3 is 9.15 Å². The first-order chi connectivity index (χ1) is 14.5. The molecule has 8 heteroatoms. The van der Waals surface area contributed by atoms with Crippen LogP contribution in [0.3, 0.4) is 0 Å². The van der Waals surface area contributed by atoms with Gasteiger partial charge in [0.15, 0.2) is 0 Å². The SMILES string of the molecule is CCOc1ccc(CC(=O)N/N=C\c2ccc(-c3ccc(C)c([N+](=O)[O-])c3)o2)cc1. The molecular weight excluding hydrogens is 386 g/mol. The minimum absolute atomic E-state index is 0.0284. The molecule has 1 heterocycles. The zero-order valence-electron chi connectivity index (χ0n) is 16.6. The van der Waals surface area contributed by atoms with Gasteiger partial charge in [0, 0.05) is 17.2 Å². The summed E-state index contributed by atoms with van der Waals surface area (Å²) in [5, 5.41) is 15.0. The molecule has 0 bridgehead atoms. The van der Waals surface area contributed by atoms with Crippen molar-refractivity contribution in [1.82, 2.24) is 5.43 Å². The Hall–Kier alpha value is -3.94. The van der Waals surface area contributed by atoms with E-state index in [9.17, 15) is 14.9 Å². The molecular formula is C22H21N3O5. The van der Waals surface area contributed by atoms with Crippen molar-refractivity contribution in [2.75, 3.05) is 6.61 Å². The van der Waals surface area contributed by atoms with Gasteiger partial charge in [0.25, 0.3) is 5.69 Å². The van der Waals surface area contributed by atoms with Crippen LogP contribution < -0.4 is 10.2 Å². The quantitative estimate of drug-likeness (QED) is 0.341. The predicted molar refractivity (Wildman–Crippen MR) is 113 cm³/mol. The fraction of sp³-hybridized carbons (Fsp3) is 0.182. The average Bonchev–Trinajstić information content (AvgIpc) is 3.19. The molecule has 0 radical (unpaired) electrons. The van der Waals surface area contributed by atoms with Gasteiger partial charge in [-0.1, -0.05) is 24.3 Å². The number of carbonyl (C=O) groups excluding carboxylic acids is 1. The van der Waals surface area contributed by atoms with E-state index in [4.69, 9.17) is 9.15 Å². The summed E-state index contributed by atoms with van der Waals surface area (Å²) in [4.78, 5) is 22.7. The van der Waals surface area contributed by atoms with Gasteiger partial charge >= 0.3 is 0 Å². The number of benzene rings is 2. The third kappa shape index (κ3) is 5.32. The molecule has 0 atom stereocenters. The second kappa shape index (κ2) is 9.51. The van der Waals surface area contributed by atoms with Crippen LogP contribution in [0.2, 0.25) is 0 Å². The van der Waals surface area contributed by atoms with Gasteiger partial charge in [-0.2, -0.15) is 5.10 Å². The number of nitrogens with one attached hydrogen (secondary N) is 1. The van der Waals surface area contributed by atoms with Crippen molar-refractivity contribution in [2.24, 2.45) is 5.10 Å². The minimum atomic E-state index is -0.427. The van der Waals surface area contributed by atoms with E-state index in [2.05, 4.69) is 10.5 Å². The number of rotatable bonds is 8. The maximum absolute atomic E-state index is 12.0. The first kappa shape index (κ1) is 20.8. The lowest BCUT2D eigenvalue weighted by molar-refractivity contribution is -0.385. The van der Waals surface area contributed by atoms with Crippen molar-refractivity contribution in [2.45, 2.75) is 20.3 Å². The molecule has 3 aromatic rings. The molecule has 2 aromatic carbocycles. The van der Waals surface area contributed by atoms with Gasteiger partial charge in [0.2, 0.25) is 5.91 Å². The van der Waals surface area contributed by atoms with E-state index in [-0.39, 0.29) is 18.0 Å². The monoisotopic (exact) mass is 407 g/mol. The summed E-state index contributed by atoms with van der Waals surface area (Å²) >= 11 is 0. The smallest absolute Gasteiger partial charge is 0.273 e. The molecule has 0 unspecified atom stereocenters. The van der Waals surface area contributed by atoms with Gasteiger partial charge in [-0.25, -0.2) is 5.43 Å². The van der Waals surface area contributed by atoms with Crippen LogP contribution in [0, 0.1) is 17.0 Å². The average molecular weight is 407 g/mol. The summed E-state index contributed by atoms with van der Waals surface area (Å²) in [5.41, 5.74) is 4.48. The van der Waals surface area contributed by atoms with Crippen molar-refractivity contribution < 1.29 is 18.9 Å². The molecule has 1 aromatic heterocycles. The highest BCUT2D eigenvalue weighted by Crippen LogP contribution is 2.27. The standard InChI is InChI=1S/C22H21N3O5/c1-3-29-18-8-5-16(6-9-18)12-22(26)24-23-14-19-10-11-21(30-19)17-7-4-15(2)20(13-17)25(27)28/h4-11,13-14H,3,12H2,1-2H3,(H,24,26)/b23-14-. The van der Waals surface area contributed by atoms with E-state index in [0.29, 0.717) is 29.3 Å². The van der Waals surface area contributed by atoms with Crippen LogP contribution in [-0.4, -0.2) is 23.7 Å². The number of hydrazone groups is 1. The van der Waals surface area contributed by atoms with Gasteiger partial charge in [0.1, 0.15) is 17.3 Å². The molecule has 8 nitrogen and oxygen atoms in total. The van der Waals surface area contributed by atoms with Crippen molar-refractivity contribution >= 4 is 17.8 Å². The topological polar surface area (TPSA) is 107 Å². The van der Waals surface area contributed by atoms with E-state index in [1.54, 1.807) is 31.2 Å². The Morgan fingerprint density at radius 3 is 2.67 bits per heavy atom. The first-order valence-electron chi connectivity index (χ1n) is 9.35. The predicted octanol–water partition coefficient (Wildman–Crippen LogP) is 4.25. The van der Waals surface area contributed by atoms with Crippen LogP contribution >= 0.6 is 0 Å². The molecule has 154 valence electrons. The number of furan rings is 1. The molecule has 0 saturated heterocycles. The van der Waals surface area contributed by atoms with Crippen LogP contribution in [0.4, 0.5) is 5.69 Å². The number of aryl methyl sites for hydroxylation is 1. The number of nitrogens with zero attached hydrogens (tertiary/aromatic N) is 2. The maximum Gasteiger partial charge on any atom is 0.273 e. The van der Waals surface area contributed by atoms with E-state index in [0.717, 1.165) is 11.3 Å². The molecule has 0 fully saturated rings. The number of ether oxygens (including phenoxy) is 1. The van der Waals surface area contributed by atoms with Crippen LogP contribution in [0.25, 0.3) is 11.3 Å². The van der Waals surface area contributed by atoms with Crippen molar-refractivity contribution in [3.8, 4) is 17.1 Å². The van der Waals surface area contributed by atoms with E-state index in [1.165, 1.54) is 12.3 Å². The summed E-state index contributed by atoms with van der Waals surface area (Å²) in [5.74, 6) is 1.37. The summed E-state index contributed by atoms with van der Waals surface area (Å²) in [6, 6.07) is 15.5. The molecule has 0 aliphatic rings. The highest BCUT2D eigenvalue weighted by molar-refractivity contribution is 5.82. The number of nitro benzene ring substituents is 1. The lowest BCUT2D eigenvalue weighted by Crippen LogP contribution is -2.19. The fourth-order valence-corrected chi connectivity index (χ4v) is 2.80. The van der Waals surface area contributed by atoms with Crippen LogP contribution in [0.5, 0.6) is 5.75 Å². The van der Waals surface area contributed by atoms with Crippen LogP contribution in [0.1, 0.15) is 23.8 Å². The van der Waals surface area contributed by atoms with Gasteiger partial charge in [-0.15, -0.1) is 0 Å². The molecule has 30 heavy (non-hydrogen) atoms. The van der Waals surface area contributed by atoms with Gasteiger partial charge in [-0.3, -0.25) is 14.9 Å². The van der Waals surface area contributed by atoms with Gasteiger partial charge in [0.05, 0.1) is 24.2 Å². The molecule has 0 aliphatic heterocycles. The van der Waals surface area contributed by atoms with Crippen molar-refractivity contribution in [1.29, 1.82) is 0 Å². The lowest BCUT2D eigenvalue weighted by Gasteiger charge is -2.04. The highest BCUT2D eigenvalue weighted by atomic mass is 16.6. The summed E-state index contributed by atoms with van der Waals surface area (Å²) in [6.45, 7) is 4.17. The zero-order chi connectivity index (χ0) is 21.5. The number of carbonyl (C=O) groups is 1. The summed E-state index contributed by atoms with van der Waals surface area (Å²) < 4.78 is 11.0. The second-order valence-electron chi connectivity index (χ2n) is 6.51. The number of amides is 1. The third-order valence-corrected chi connectivity index (χ3v) is 4.30. The minimum Gasteiger partial charge on any atom is -0.494 e. The fourth-order valence-electron chi connectivity index (χ4n) is 2.80. The van der Waals surface area contributed by atoms with Crippen molar-refractivity contribution in [3.05, 3.63) is 81.6 Å². The second-order valence-corrected chi connectivity index (χ2v) is 6.51. The lowest BCUT2D eigenvalue weighted by atomic mass is 10.1. The first-order valence-corrected chi connectivity index (χ1v) is 9.35.